The molecule has 1 aromatic heterocycles. The van der Waals surface area contributed by atoms with Crippen molar-refractivity contribution in [3.8, 4) is 0 Å². The van der Waals surface area contributed by atoms with Gasteiger partial charge >= 0.3 is 5.97 Å². The van der Waals surface area contributed by atoms with Gasteiger partial charge in [0.25, 0.3) is 0 Å². The Balaban J connectivity index is 1.68. The molecular formula is C17H23N3O3. The molecule has 0 saturated carbocycles. The van der Waals surface area contributed by atoms with E-state index < -0.39 is 11.5 Å². The number of aliphatic carboxylic acids is 1. The third-order valence-corrected chi connectivity index (χ3v) is 5.18. The number of carbonyl (C=O) groups excluding carboxylic acids is 1. The van der Waals surface area contributed by atoms with Crippen LogP contribution in [0, 0.1) is 12.8 Å². The van der Waals surface area contributed by atoms with Crippen LogP contribution in [0.1, 0.15) is 37.9 Å². The number of aromatic nitrogens is 2. The first-order chi connectivity index (χ1) is 11.0. The molecule has 6 nitrogen and oxygen atoms in total. The smallest absolute Gasteiger partial charge is 0.330 e. The van der Waals surface area contributed by atoms with E-state index in [1.165, 1.54) is 0 Å². The van der Waals surface area contributed by atoms with Gasteiger partial charge in [-0.3, -0.25) is 4.79 Å². The van der Waals surface area contributed by atoms with E-state index in [1.807, 2.05) is 11.8 Å². The second kappa shape index (κ2) is 6.18. The Morgan fingerprint density at radius 3 is 2.65 bits per heavy atom. The molecule has 2 aliphatic rings. The van der Waals surface area contributed by atoms with Crippen LogP contribution < -0.4 is 0 Å². The molecule has 1 aromatic rings. The Bertz CT molecular complexity index is 627. The van der Waals surface area contributed by atoms with Crippen LogP contribution in [0.15, 0.2) is 24.5 Å². The number of carboxylic acids is 1. The number of carboxylic acid groups (broad SMARTS) is 1. The van der Waals surface area contributed by atoms with E-state index in [2.05, 4.69) is 17.1 Å². The first-order valence-corrected chi connectivity index (χ1v) is 8.21. The molecule has 1 aliphatic heterocycles. The first kappa shape index (κ1) is 15.8. The molecule has 1 N–H and O–H groups in total. The third-order valence-electron chi connectivity index (χ3n) is 5.18. The maximum atomic E-state index is 12.4. The van der Waals surface area contributed by atoms with Gasteiger partial charge in [0.15, 0.2) is 0 Å². The average molecular weight is 317 g/mol. The number of hydrogen-bond acceptors (Lipinski definition) is 3. The van der Waals surface area contributed by atoms with Gasteiger partial charge in [-0.2, -0.15) is 0 Å². The zero-order valence-electron chi connectivity index (χ0n) is 13.4. The molecular weight excluding hydrogens is 294 g/mol. The summed E-state index contributed by atoms with van der Waals surface area (Å²) in [5, 5.41) is 9.78. The predicted octanol–water partition coefficient (Wildman–Crippen LogP) is 1.95. The van der Waals surface area contributed by atoms with Gasteiger partial charge in [-0.25, -0.2) is 9.78 Å². The lowest BCUT2D eigenvalue weighted by Crippen LogP contribution is -2.52. The molecule has 124 valence electrons. The van der Waals surface area contributed by atoms with Gasteiger partial charge in [0.1, 0.15) is 11.4 Å². The van der Waals surface area contributed by atoms with Crippen LogP contribution in [0.3, 0.4) is 0 Å². The van der Waals surface area contributed by atoms with Crippen molar-refractivity contribution >= 4 is 11.9 Å². The fraction of sp³-hybridized carbons (Fsp3) is 0.588. The summed E-state index contributed by atoms with van der Waals surface area (Å²) in [5.41, 5.74) is -0.982. The van der Waals surface area contributed by atoms with Crippen molar-refractivity contribution < 1.29 is 14.7 Å². The Labute approximate surface area is 135 Å². The number of allylic oxidation sites excluding steroid dienone is 2. The molecule has 0 radical (unpaired) electrons. The summed E-state index contributed by atoms with van der Waals surface area (Å²) in [5.74, 6) is 0.347. The van der Waals surface area contributed by atoms with Crippen LogP contribution >= 0.6 is 0 Å². The van der Waals surface area contributed by atoms with Gasteiger partial charge in [0.05, 0.1) is 0 Å². The van der Waals surface area contributed by atoms with Crippen molar-refractivity contribution in [2.45, 2.75) is 44.6 Å². The quantitative estimate of drug-likeness (QED) is 0.861. The van der Waals surface area contributed by atoms with Crippen molar-refractivity contribution in [3.05, 3.63) is 30.4 Å². The van der Waals surface area contributed by atoms with Crippen molar-refractivity contribution in [3.63, 3.8) is 0 Å². The molecule has 0 bridgehead atoms. The molecule has 1 aliphatic carbocycles. The lowest BCUT2D eigenvalue weighted by atomic mass is 9.86. The van der Waals surface area contributed by atoms with E-state index in [9.17, 15) is 14.7 Å². The zero-order valence-corrected chi connectivity index (χ0v) is 13.4. The lowest BCUT2D eigenvalue weighted by molar-refractivity contribution is -0.153. The van der Waals surface area contributed by atoms with E-state index in [1.54, 1.807) is 17.0 Å². The van der Waals surface area contributed by atoms with Crippen molar-refractivity contribution in [2.75, 3.05) is 13.1 Å². The van der Waals surface area contributed by atoms with Crippen LogP contribution in [0.4, 0.5) is 0 Å². The molecule has 2 heterocycles. The second-order valence-electron chi connectivity index (χ2n) is 6.53. The molecule has 23 heavy (non-hydrogen) atoms. The number of amides is 1. The highest BCUT2D eigenvalue weighted by atomic mass is 16.4. The molecule has 0 spiro atoms. The topological polar surface area (TPSA) is 75.4 Å². The highest BCUT2D eigenvalue weighted by Crippen LogP contribution is 2.32. The zero-order chi connectivity index (χ0) is 16.4. The van der Waals surface area contributed by atoms with E-state index in [4.69, 9.17) is 0 Å². The number of aryl methyl sites for hydroxylation is 1. The first-order valence-electron chi connectivity index (χ1n) is 8.21. The maximum absolute atomic E-state index is 12.4. The monoisotopic (exact) mass is 317 g/mol. The number of piperidine rings is 1. The number of hydrogen-bond donors (Lipinski definition) is 1. The number of imidazole rings is 1. The van der Waals surface area contributed by atoms with Gasteiger partial charge in [-0.1, -0.05) is 12.2 Å². The van der Waals surface area contributed by atoms with Crippen molar-refractivity contribution in [1.82, 2.24) is 14.5 Å². The van der Waals surface area contributed by atoms with Crippen LogP contribution in [0.25, 0.3) is 0 Å². The van der Waals surface area contributed by atoms with Gasteiger partial charge in [0, 0.05) is 31.9 Å². The fourth-order valence-corrected chi connectivity index (χ4v) is 3.73. The van der Waals surface area contributed by atoms with E-state index >= 15 is 0 Å². The summed E-state index contributed by atoms with van der Waals surface area (Å²) < 4.78 is 1.75. The molecule has 6 heteroatoms. The minimum atomic E-state index is -0.982. The molecule has 1 atom stereocenters. The molecule has 3 rings (SSSR count). The van der Waals surface area contributed by atoms with Crippen LogP contribution in [-0.4, -0.2) is 44.5 Å². The molecule has 0 unspecified atom stereocenters. The fourth-order valence-electron chi connectivity index (χ4n) is 3.73. The highest BCUT2D eigenvalue weighted by Gasteiger charge is 2.44. The standard InChI is InChI=1S/C17H23N3O3/c1-13-18-8-11-20(13)17(16(22)23)6-9-19(10-7-17)15(21)12-14-4-2-3-5-14/h2,4,8,11,14H,3,5-7,9-10,12H2,1H3,(H,22,23)/t14-/m0/s1. The molecule has 1 amide bonds. The summed E-state index contributed by atoms with van der Waals surface area (Å²) in [6, 6.07) is 0. The number of carbonyl (C=O) groups is 2. The summed E-state index contributed by atoms with van der Waals surface area (Å²) in [6.07, 6.45) is 11.1. The summed E-state index contributed by atoms with van der Waals surface area (Å²) in [4.78, 5) is 30.3. The highest BCUT2D eigenvalue weighted by molar-refractivity contribution is 5.79. The number of nitrogens with zero attached hydrogens (tertiary/aromatic N) is 3. The van der Waals surface area contributed by atoms with E-state index in [0.717, 1.165) is 12.8 Å². The van der Waals surface area contributed by atoms with E-state index in [-0.39, 0.29) is 5.91 Å². The minimum Gasteiger partial charge on any atom is -0.479 e. The molecule has 0 aromatic carbocycles. The molecule has 1 saturated heterocycles. The SMILES string of the molecule is Cc1nccn1C1(C(=O)O)CCN(C(=O)C[C@H]2C=CCC2)CC1. The van der Waals surface area contributed by atoms with Gasteiger partial charge in [-0.15, -0.1) is 0 Å². The van der Waals surface area contributed by atoms with Crippen LogP contribution in [0.2, 0.25) is 0 Å². The average Bonchev–Trinajstić information content (AvgIpc) is 3.19. The second-order valence-corrected chi connectivity index (χ2v) is 6.53. The number of likely N-dealkylation sites (tertiary alicyclic amines) is 1. The van der Waals surface area contributed by atoms with Gasteiger partial charge in [0.2, 0.25) is 5.91 Å². The normalized spacial score (nSPS) is 23.2. The van der Waals surface area contributed by atoms with Gasteiger partial charge in [-0.05, 0) is 38.5 Å². The number of rotatable bonds is 4. The van der Waals surface area contributed by atoms with Crippen molar-refractivity contribution in [1.29, 1.82) is 0 Å². The Kier molecular flexibility index (Phi) is 4.24. The lowest BCUT2D eigenvalue weighted by Gasteiger charge is -2.40. The van der Waals surface area contributed by atoms with Crippen molar-refractivity contribution in [2.24, 2.45) is 5.92 Å². The van der Waals surface area contributed by atoms with Crippen LogP contribution in [-0.2, 0) is 15.1 Å². The Morgan fingerprint density at radius 1 is 1.39 bits per heavy atom. The summed E-state index contributed by atoms with van der Waals surface area (Å²) >= 11 is 0. The Hall–Kier alpha value is -2.11. The minimum absolute atomic E-state index is 0.142. The molecule has 1 fully saturated rings. The predicted molar refractivity (Wildman–Crippen MR) is 84.9 cm³/mol. The Morgan fingerprint density at radius 2 is 2.13 bits per heavy atom. The third kappa shape index (κ3) is 2.90. The van der Waals surface area contributed by atoms with Gasteiger partial charge < -0.3 is 14.6 Å². The summed E-state index contributed by atoms with van der Waals surface area (Å²) in [6.45, 7) is 2.78. The maximum Gasteiger partial charge on any atom is 0.330 e. The summed E-state index contributed by atoms with van der Waals surface area (Å²) in [7, 11) is 0. The van der Waals surface area contributed by atoms with E-state index in [0.29, 0.717) is 44.1 Å². The van der Waals surface area contributed by atoms with Crippen LogP contribution in [0.5, 0.6) is 0 Å². The largest absolute Gasteiger partial charge is 0.479 e.